The van der Waals surface area contributed by atoms with Crippen LogP contribution in [0.3, 0.4) is 0 Å². The molecule has 3 unspecified atom stereocenters. The number of likely N-dealkylation sites (N-methyl/N-ethyl adjacent to an activating group) is 2. The monoisotopic (exact) mass is 686 g/mol. The summed E-state index contributed by atoms with van der Waals surface area (Å²) in [6.45, 7) is -1.19. The molecule has 4 N–H and O–H groups in total. The van der Waals surface area contributed by atoms with Gasteiger partial charge in [-0.25, -0.2) is 0 Å². The number of nitrogens with zero attached hydrogens (tertiary/aromatic N) is 2. The van der Waals surface area contributed by atoms with E-state index in [2.05, 4.69) is 28.4 Å². The Balaban J connectivity index is 2.29. The molecule has 0 aromatic heterocycles. The second kappa shape index (κ2) is 20.5. The summed E-state index contributed by atoms with van der Waals surface area (Å²) < 4.78 is 38.3. The van der Waals surface area contributed by atoms with Crippen LogP contribution in [0, 0.1) is 54.8 Å². The quantitative estimate of drug-likeness (QED) is 0.176. The molecule has 49 heavy (non-hydrogen) atoms. The summed E-state index contributed by atoms with van der Waals surface area (Å²) in [5.74, 6) is 3.04. The Labute approximate surface area is 288 Å². The van der Waals surface area contributed by atoms with Crippen molar-refractivity contribution in [3.8, 4) is 37.0 Å². The van der Waals surface area contributed by atoms with E-state index >= 15 is 0 Å². The van der Waals surface area contributed by atoms with Gasteiger partial charge in [-0.2, -0.15) is 13.2 Å². The van der Waals surface area contributed by atoms with E-state index in [0.717, 1.165) is 42.6 Å². The van der Waals surface area contributed by atoms with E-state index in [4.69, 9.17) is 19.3 Å². The number of halogens is 3. The van der Waals surface area contributed by atoms with Crippen LogP contribution in [-0.2, 0) is 20.8 Å². The molecule has 5 atom stereocenters. The molecule has 1 aliphatic carbocycles. The van der Waals surface area contributed by atoms with Gasteiger partial charge in [-0.1, -0.05) is 74.3 Å². The second-order valence-electron chi connectivity index (χ2n) is 12.9. The van der Waals surface area contributed by atoms with Gasteiger partial charge in [0.1, 0.15) is 18.1 Å². The zero-order valence-corrected chi connectivity index (χ0v) is 28.3. The summed E-state index contributed by atoms with van der Waals surface area (Å²) >= 11 is 0. The number of carbonyl (C=O) groups is 3. The maximum atomic E-state index is 13.9. The maximum absolute atomic E-state index is 13.9. The molecule has 3 amide bonds. The van der Waals surface area contributed by atoms with Crippen LogP contribution in [0.5, 0.6) is 0 Å². The largest absolute Gasteiger partial charge is 0.401 e. The molecule has 1 aromatic rings. The highest BCUT2D eigenvalue weighted by atomic mass is 19.4. The molecule has 0 aliphatic heterocycles. The van der Waals surface area contributed by atoms with Crippen molar-refractivity contribution < 1.29 is 37.8 Å². The molecule has 0 bridgehead atoms. The van der Waals surface area contributed by atoms with Gasteiger partial charge in [-0.05, 0) is 31.4 Å². The maximum Gasteiger partial charge on any atom is 0.401 e. The smallest absolute Gasteiger partial charge is 0.389 e. The predicted octanol–water partition coefficient (Wildman–Crippen LogP) is 2.76. The summed E-state index contributed by atoms with van der Waals surface area (Å²) in [6.07, 6.45) is 14.5. The number of hydrogen-bond acceptors (Lipinski definition) is 6. The van der Waals surface area contributed by atoms with Crippen molar-refractivity contribution in [2.75, 3.05) is 33.7 Å². The van der Waals surface area contributed by atoms with Gasteiger partial charge in [-0.3, -0.25) is 19.3 Å². The van der Waals surface area contributed by atoms with Gasteiger partial charge >= 0.3 is 6.18 Å². The van der Waals surface area contributed by atoms with E-state index in [-0.39, 0.29) is 38.3 Å². The van der Waals surface area contributed by atoms with Gasteiger partial charge in [0.2, 0.25) is 17.7 Å². The minimum absolute atomic E-state index is 0.0113. The molecule has 1 aliphatic rings. The van der Waals surface area contributed by atoms with Crippen LogP contribution in [-0.4, -0.2) is 102 Å². The lowest BCUT2D eigenvalue weighted by Crippen LogP contribution is -2.57. The number of rotatable bonds is 18. The first kappa shape index (κ1) is 41.2. The molecular weight excluding hydrogens is 637 g/mol. The van der Waals surface area contributed by atoms with Crippen molar-refractivity contribution in [3.05, 3.63) is 35.9 Å². The third-order valence-corrected chi connectivity index (χ3v) is 8.85. The van der Waals surface area contributed by atoms with Gasteiger partial charge in [0, 0.05) is 33.0 Å². The summed E-state index contributed by atoms with van der Waals surface area (Å²) in [6, 6.07) is 6.51. The van der Waals surface area contributed by atoms with E-state index in [1.54, 1.807) is 30.3 Å². The first-order valence-corrected chi connectivity index (χ1v) is 16.5. The molecule has 9 nitrogen and oxygen atoms in total. The zero-order chi connectivity index (χ0) is 36.6. The Morgan fingerprint density at radius 3 is 2.16 bits per heavy atom. The van der Waals surface area contributed by atoms with E-state index in [1.165, 1.54) is 19.0 Å². The van der Waals surface area contributed by atoms with Crippen LogP contribution in [0.15, 0.2) is 30.3 Å². The normalized spacial score (nSPS) is 16.7. The van der Waals surface area contributed by atoms with Crippen LogP contribution in [0.25, 0.3) is 0 Å². The number of benzene rings is 1. The van der Waals surface area contributed by atoms with Crippen molar-refractivity contribution in [2.45, 2.75) is 88.3 Å². The molecule has 2 rings (SSSR count). The number of aliphatic hydroxyl groups excluding tert-OH is 2. The van der Waals surface area contributed by atoms with Crippen molar-refractivity contribution in [1.29, 1.82) is 0 Å². The van der Waals surface area contributed by atoms with E-state index in [1.807, 2.05) is 0 Å². The first-order valence-electron chi connectivity index (χ1n) is 16.5. The molecular formula is C37H49F3N4O5. The Kier molecular flexibility index (Phi) is 17.2. The fraction of sp³-hybridized carbons (Fsp3) is 0.595. The molecule has 0 saturated heterocycles. The van der Waals surface area contributed by atoms with E-state index in [0.29, 0.717) is 6.42 Å². The van der Waals surface area contributed by atoms with Crippen molar-refractivity contribution in [2.24, 2.45) is 17.8 Å². The van der Waals surface area contributed by atoms with Crippen LogP contribution in [0.2, 0.25) is 0 Å². The lowest BCUT2D eigenvalue weighted by Gasteiger charge is -2.33. The molecule has 1 saturated carbocycles. The Morgan fingerprint density at radius 2 is 1.59 bits per heavy atom. The number of terminal acetylenes is 3. The fourth-order valence-corrected chi connectivity index (χ4v) is 6.01. The summed E-state index contributed by atoms with van der Waals surface area (Å²) in [5.41, 5.74) is 0.729. The molecule has 1 aromatic carbocycles. The number of hydrogen-bond donors (Lipinski definition) is 4. The van der Waals surface area contributed by atoms with Gasteiger partial charge in [0.15, 0.2) is 0 Å². The predicted molar refractivity (Wildman–Crippen MR) is 181 cm³/mol. The molecule has 268 valence electrons. The SMILES string of the molecule is C#CCC(O)[C@H](O)C(CC1CCCCC1)NC(=O)[C@@H](NC(=O)C(CC(=O)N(C)CCN(C)CC(F)(F)F)Cc1ccccc1)C(C#C)C#C. The number of carbonyl (C=O) groups excluding carboxylic acids is 3. The Morgan fingerprint density at radius 1 is 0.959 bits per heavy atom. The number of amides is 3. The standard InChI is InChI=1S/C37H49F3N4O5/c1-6-15-31(45)34(47)30(23-27-18-13-10-14-19-27)41-36(49)33(28(7-2)8-3)42-35(48)29(22-26-16-11-9-12-17-26)24-32(46)44(5)21-20-43(4)25-37(38,39)40/h1-3,9,11-12,16-17,27-31,33-34,45,47H,10,13-15,18-25H2,4-5H3,(H,41,49)(H,42,48)/t29?,30?,31?,33-,34+/m0/s1. The highest BCUT2D eigenvalue weighted by molar-refractivity contribution is 5.91. The van der Waals surface area contributed by atoms with Crippen molar-refractivity contribution >= 4 is 17.7 Å². The van der Waals surface area contributed by atoms with E-state index in [9.17, 15) is 37.8 Å². The fourth-order valence-electron chi connectivity index (χ4n) is 6.01. The van der Waals surface area contributed by atoms with Gasteiger partial charge in [0.05, 0.1) is 24.6 Å². The highest BCUT2D eigenvalue weighted by Crippen LogP contribution is 2.29. The summed E-state index contributed by atoms with van der Waals surface area (Å²) in [4.78, 5) is 43.2. The van der Waals surface area contributed by atoms with E-state index < -0.39 is 66.6 Å². The average Bonchev–Trinajstić information content (AvgIpc) is 3.06. The topological polar surface area (TPSA) is 122 Å². The molecule has 0 radical (unpaired) electrons. The lowest BCUT2D eigenvalue weighted by molar-refractivity contribution is -0.144. The van der Waals surface area contributed by atoms with Crippen molar-refractivity contribution in [1.82, 2.24) is 20.4 Å². The molecule has 12 heteroatoms. The van der Waals surface area contributed by atoms with Crippen LogP contribution in [0.1, 0.15) is 56.9 Å². The summed E-state index contributed by atoms with van der Waals surface area (Å²) in [7, 11) is 2.74. The molecule has 0 spiro atoms. The molecule has 1 fully saturated rings. The van der Waals surface area contributed by atoms with Gasteiger partial charge in [-0.15, -0.1) is 25.2 Å². The third-order valence-electron chi connectivity index (χ3n) is 8.85. The van der Waals surface area contributed by atoms with Crippen LogP contribution < -0.4 is 10.6 Å². The summed E-state index contributed by atoms with van der Waals surface area (Å²) in [5, 5.41) is 26.9. The highest BCUT2D eigenvalue weighted by Gasteiger charge is 2.36. The zero-order valence-electron chi connectivity index (χ0n) is 28.3. The van der Waals surface area contributed by atoms with Crippen LogP contribution in [0.4, 0.5) is 13.2 Å². The van der Waals surface area contributed by atoms with Crippen molar-refractivity contribution in [3.63, 3.8) is 0 Å². The Hall–Kier alpha value is -4.02. The minimum atomic E-state index is -4.39. The van der Waals surface area contributed by atoms with Gasteiger partial charge < -0.3 is 25.7 Å². The number of nitrogens with one attached hydrogen (secondary N) is 2. The third kappa shape index (κ3) is 14.6. The minimum Gasteiger partial charge on any atom is -0.389 e. The number of alkyl halides is 3. The molecule has 0 heterocycles. The second-order valence-corrected chi connectivity index (χ2v) is 12.9. The lowest BCUT2D eigenvalue weighted by atomic mass is 9.82. The number of aliphatic hydroxyl groups is 2. The Bertz CT molecular complexity index is 1320. The average molecular weight is 687 g/mol. The first-order chi connectivity index (χ1) is 23.2. The van der Waals surface area contributed by atoms with Crippen LogP contribution >= 0.6 is 0 Å². The van der Waals surface area contributed by atoms with Gasteiger partial charge in [0.25, 0.3) is 0 Å².